The first-order valence-electron chi connectivity index (χ1n) is 20.6. The van der Waals surface area contributed by atoms with E-state index in [1.54, 1.807) is 6.92 Å². The molecule has 3 rings (SSSR count). The molecule has 0 amide bonds. The summed E-state index contributed by atoms with van der Waals surface area (Å²) in [5.41, 5.74) is 0. The molecule has 334 valence electrons. The predicted octanol–water partition coefficient (Wildman–Crippen LogP) is 3.31. The van der Waals surface area contributed by atoms with Crippen LogP contribution in [-0.2, 0) is 76.1 Å². The van der Waals surface area contributed by atoms with Gasteiger partial charge in [0.25, 0.3) is 0 Å². The first kappa shape index (κ1) is 49.4. The summed E-state index contributed by atoms with van der Waals surface area (Å²) in [5.74, 6) is -3.65. The largest absolute Gasteiger partial charge is 0.457 e. The van der Waals surface area contributed by atoms with Crippen molar-refractivity contribution in [1.29, 1.82) is 0 Å². The van der Waals surface area contributed by atoms with Gasteiger partial charge in [-0.05, 0) is 33.6 Å². The Morgan fingerprint density at radius 3 is 1.45 bits per heavy atom. The Bertz CT molecular complexity index is 1310. The van der Waals surface area contributed by atoms with Gasteiger partial charge in [0, 0.05) is 40.7 Å². The van der Waals surface area contributed by atoms with Crippen LogP contribution in [0.1, 0.15) is 127 Å². The van der Waals surface area contributed by atoms with Crippen molar-refractivity contribution >= 4 is 29.8 Å². The van der Waals surface area contributed by atoms with Crippen molar-refractivity contribution in [2.75, 3.05) is 6.61 Å². The normalized spacial score (nSPS) is 35.1. The summed E-state index contributed by atoms with van der Waals surface area (Å²) in [4.78, 5) is 62.2. The van der Waals surface area contributed by atoms with Crippen molar-refractivity contribution in [1.82, 2.24) is 0 Å². The molecule has 0 aromatic heterocycles. The molecule has 0 spiro atoms. The van der Waals surface area contributed by atoms with Crippen molar-refractivity contribution in [2.45, 2.75) is 219 Å². The second-order valence-electron chi connectivity index (χ2n) is 15.2. The van der Waals surface area contributed by atoms with Crippen molar-refractivity contribution in [3.8, 4) is 0 Å². The maximum absolute atomic E-state index is 13.1. The fraction of sp³-hybridized carbons (Fsp3) is 0.875. The number of esters is 5. The van der Waals surface area contributed by atoms with Crippen molar-refractivity contribution in [3.05, 3.63) is 0 Å². The molecule has 58 heavy (non-hydrogen) atoms. The Kier molecular flexibility index (Phi) is 20.7. The number of carbonyl (C=O) groups is 5. The first-order valence-corrected chi connectivity index (χ1v) is 20.6. The second kappa shape index (κ2) is 24.3. The SMILES string of the molecule is CCCCCCCCO[C@@H]1O[C@@H](C)[C@H](OC(=O)CCCCC)[C@@H](O[C@@H]2O[C@@H](C)[C@H](OC(C)=O)[C@@H](O[C@@H]3O[C@@H](C)[C@H](OC(C)=O)[C@@H](OC(C)=O)[C@H]3O)[C@H]2OC(C)=O)[C@H]1O. The molecular formula is C40H66O18. The van der Waals surface area contributed by atoms with Crippen LogP contribution in [0.3, 0.4) is 0 Å². The molecular weight excluding hydrogens is 768 g/mol. The number of hydrogen-bond acceptors (Lipinski definition) is 18. The highest BCUT2D eigenvalue weighted by Gasteiger charge is 2.57. The van der Waals surface area contributed by atoms with E-state index in [9.17, 15) is 34.2 Å². The van der Waals surface area contributed by atoms with Gasteiger partial charge in [-0.1, -0.05) is 58.8 Å². The molecule has 0 radical (unpaired) electrons. The number of aliphatic hydroxyl groups is 2. The lowest BCUT2D eigenvalue weighted by atomic mass is 9.96. The smallest absolute Gasteiger partial charge is 0.306 e. The van der Waals surface area contributed by atoms with Gasteiger partial charge in [-0.15, -0.1) is 0 Å². The van der Waals surface area contributed by atoms with Crippen LogP contribution in [0.2, 0.25) is 0 Å². The van der Waals surface area contributed by atoms with Gasteiger partial charge >= 0.3 is 29.8 Å². The zero-order valence-corrected chi connectivity index (χ0v) is 35.4. The highest BCUT2D eigenvalue weighted by molar-refractivity contribution is 5.70. The molecule has 0 saturated carbocycles. The number of hydrogen-bond donors (Lipinski definition) is 2. The zero-order valence-electron chi connectivity index (χ0n) is 35.4. The highest BCUT2D eigenvalue weighted by atomic mass is 16.8. The van der Waals surface area contributed by atoms with E-state index in [-0.39, 0.29) is 13.0 Å². The molecule has 3 aliphatic heterocycles. The Morgan fingerprint density at radius 1 is 0.466 bits per heavy atom. The van der Waals surface area contributed by atoms with Crippen molar-refractivity contribution in [3.63, 3.8) is 0 Å². The van der Waals surface area contributed by atoms with E-state index in [0.29, 0.717) is 12.8 Å². The van der Waals surface area contributed by atoms with E-state index in [1.165, 1.54) is 13.8 Å². The lowest BCUT2D eigenvalue weighted by molar-refractivity contribution is -0.376. The van der Waals surface area contributed by atoms with Gasteiger partial charge in [0.1, 0.15) is 24.4 Å². The minimum absolute atomic E-state index is 0.111. The molecule has 3 saturated heterocycles. The summed E-state index contributed by atoms with van der Waals surface area (Å²) in [6, 6.07) is 0. The van der Waals surface area contributed by atoms with Crippen molar-refractivity contribution < 1.29 is 86.3 Å². The highest BCUT2D eigenvalue weighted by Crippen LogP contribution is 2.36. The fourth-order valence-electron chi connectivity index (χ4n) is 7.26. The molecule has 2 N–H and O–H groups in total. The van der Waals surface area contributed by atoms with E-state index in [2.05, 4.69) is 6.92 Å². The summed E-state index contributed by atoms with van der Waals surface area (Å²) in [6.07, 6.45) is -11.9. The predicted molar refractivity (Wildman–Crippen MR) is 200 cm³/mol. The van der Waals surface area contributed by atoms with Gasteiger partial charge in [0.05, 0.1) is 18.3 Å². The van der Waals surface area contributed by atoms with Gasteiger partial charge in [-0.2, -0.15) is 0 Å². The lowest BCUT2D eigenvalue weighted by Gasteiger charge is -2.49. The van der Waals surface area contributed by atoms with Crippen LogP contribution in [0.15, 0.2) is 0 Å². The molecule has 18 heteroatoms. The van der Waals surface area contributed by atoms with Crippen LogP contribution in [0.25, 0.3) is 0 Å². The van der Waals surface area contributed by atoms with E-state index in [1.807, 2.05) is 6.92 Å². The van der Waals surface area contributed by atoms with Gasteiger partial charge < -0.3 is 62.3 Å². The Hall–Kier alpha value is -2.97. The van der Waals surface area contributed by atoms with Crippen LogP contribution in [0.4, 0.5) is 0 Å². The zero-order chi connectivity index (χ0) is 43.1. The molecule has 15 atom stereocenters. The molecule has 0 bridgehead atoms. The van der Waals surface area contributed by atoms with Gasteiger partial charge in [-0.3, -0.25) is 24.0 Å². The molecule has 0 aliphatic carbocycles. The number of rotatable bonds is 21. The minimum atomic E-state index is -1.78. The maximum atomic E-state index is 13.1. The minimum Gasteiger partial charge on any atom is -0.457 e. The number of unbranched alkanes of at least 4 members (excludes halogenated alkanes) is 7. The average molecular weight is 835 g/mol. The lowest BCUT2D eigenvalue weighted by Crippen LogP contribution is -2.67. The summed E-state index contributed by atoms with van der Waals surface area (Å²) in [5, 5.41) is 23.2. The number of carbonyl (C=O) groups excluding carboxylic acids is 5. The first-order chi connectivity index (χ1) is 27.5. The maximum Gasteiger partial charge on any atom is 0.306 e. The summed E-state index contributed by atoms with van der Waals surface area (Å²) >= 11 is 0. The number of aliphatic hydroxyl groups excluding tert-OH is 2. The van der Waals surface area contributed by atoms with Gasteiger partial charge in [0.15, 0.2) is 49.4 Å². The Morgan fingerprint density at radius 2 is 0.879 bits per heavy atom. The monoisotopic (exact) mass is 834 g/mol. The Labute approximate surface area is 341 Å². The van der Waals surface area contributed by atoms with Crippen LogP contribution in [0, 0.1) is 0 Å². The third-order valence-electron chi connectivity index (χ3n) is 10.1. The van der Waals surface area contributed by atoms with Crippen LogP contribution < -0.4 is 0 Å². The molecule has 0 unspecified atom stereocenters. The van der Waals surface area contributed by atoms with E-state index < -0.39 is 122 Å². The van der Waals surface area contributed by atoms with Crippen LogP contribution in [0.5, 0.6) is 0 Å². The van der Waals surface area contributed by atoms with E-state index >= 15 is 0 Å². The standard InChI is InChI=1S/C40H66O18/c1-10-12-14-15-16-18-20-48-38-29(46)35(32(22(4)49-38)56-28(45)19-17-13-11-2)57-40-37(55-27(9)44)36(33(23(5)51-40)53-25(7)42)58-39-30(47)34(54-26(8)43)31(21(3)50-39)52-24(6)41/h21-23,29-40,46-47H,10-20H2,1-9H3/t21-,22-,23-,29+,30+,31-,32-,33-,34-,35-,36+,37+,38+,39-,40-/m0/s1. The summed E-state index contributed by atoms with van der Waals surface area (Å²) < 4.78 is 64.8. The second-order valence-corrected chi connectivity index (χ2v) is 15.2. The van der Waals surface area contributed by atoms with E-state index in [0.717, 1.165) is 72.6 Å². The van der Waals surface area contributed by atoms with E-state index in [4.69, 9.17) is 52.1 Å². The summed E-state index contributed by atoms with van der Waals surface area (Å²) in [7, 11) is 0. The van der Waals surface area contributed by atoms with Gasteiger partial charge in [0.2, 0.25) is 0 Å². The molecule has 18 nitrogen and oxygen atoms in total. The average Bonchev–Trinajstić information content (AvgIpc) is 3.13. The molecule has 0 aromatic rings. The van der Waals surface area contributed by atoms with Crippen LogP contribution in [-0.4, -0.2) is 139 Å². The Balaban J connectivity index is 1.98. The summed E-state index contributed by atoms with van der Waals surface area (Å²) in [6.45, 7) is 13.6. The van der Waals surface area contributed by atoms with Gasteiger partial charge in [-0.25, -0.2) is 0 Å². The third kappa shape index (κ3) is 14.6. The third-order valence-corrected chi connectivity index (χ3v) is 10.1. The molecule has 3 aliphatic rings. The van der Waals surface area contributed by atoms with Crippen molar-refractivity contribution in [2.24, 2.45) is 0 Å². The number of ether oxygens (including phenoxy) is 11. The quantitative estimate of drug-likeness (QED) is 0.0960. The van der Waals surface area contributed by atoms with Crippen LogP contribution >= 0.6 is 0 Å². The molecule has 0 aromatic carbocycles. The fourth-order valence-corrected chi connectivity index (χ4v) is 7.26. The molecule has 3 fully saturated rings. The molecule has 3 heterocycles. The topological polar surface area (TPSA) is 227 Å².